The highest BCUT2D eigenvalue weighted by atomic mass is 35.5. The van der Waals surface area contributed by atoms with Crippen LogP contribution in [0.1, 0.15) is 17.4 Å². The second kappa shape index (κ2) is 5.02. The Hall–Kier alpha value is -1.13. The van der Waals surface area contributed by atoms with Crippen LogP contribution in [-0.4, -0.2) is 23.8 Å². The van der Waals surface area contributed by atoms with Gasteiger partial charge >= 0.3 is 5.97 Å². The Morgan fingerprint density at radius 2 is 2.29 bits per heavy atom. The van der Waals surface area contributed by atoms with E-state index in [1.165, 1.54) is 11.8 Å². The summed E-state index contributed by atoms with van der Waals surface area (Å²) >= 11 is 7.46. The van der Waals surface area contributed by atoms with E-state index < -0.39 is 0 Å². The molecule has 0 aliphatic rings. The summed E-state index contributed by atoms with van der Waals surface area (Å²) in [6.45, 7) is 2.15. The summed E-state index contributed by atoms with van der Waals surface area (Å²) in [6.07, 6.45) is 1.92. The van der Waals surface area contributed by atoms with Gasteiger partial charge in [0.25, 0.3) is 0 Å². The third-order valence-electron chi connectivity index (χ3n) is 2.40. The molecule has 0 aliphatic heterocycles. The van der Waals surface area contributed by atoms with Crippen molar-refractivity contribution in [3.63, 3.8) is 0 Å². The number of H-pyrrole nitrogens is 1. The van der Waals surface area contributed by atoms with Crippen LogP contribution in [0.5, 0.6) is 0 Å². The minimum absolute atomic E-state index is 0.329. The van der Waals surface area contributed by atoms with E-state index >= 15 is 0 Å². The number of carbonyl (C=O) groups excluding carboxylic acids is 1. The average molecular weight is 270 g/mol. The van der Waals surface area contributed by atoms with Crippen LogP contribution in [0.4, 0.5) is 0 Å². The van der Waals surface area contributed by atoms with Crippen LogP contribution in [-0.2, 0) is 4.74 Å². The first-order valence-electron chi connectivity index (χ1n) is 5.19. The molecule has 0 atom stereocenters. The molecule has 1 aromatic carbocycles. The fraction of sp³-hybridized carbons (Fsp3) is 0.250. The van der Waals surface area contributed by atoms with Crippen molar-refractivity contribution in [3.05, 3.63) is 28.9 Å². The van der Waals surface area contributed by atoms with E-state index in [-0.39, 0.29) is 5.97 Å². The van der Waals surface area contributed by atoms with Gasteiger partial charge in [-0.1, -0.05) is 11.6 Å². The van der Waals surface area contributed by atoms with E-state index in [1.54, 1.807) is 13.0 Å². The van der Waals surface area contributed by atoms with Gasteiger partial charge in [0.05, 0.1) is 6.61 Å². The second-order valence-corrected chi connectivity index (χ2v) is 4.70. The molecule has 2 rings (SSSR count). The van der Waals surface area contributed by atoms with Crippen molar-refractivity contribution in [1.29, 1.82) is 0 Å². The molecule has 0 amide bonds. The molecule has 1 heterocycles. The third-order valence-corrected chi connectivity index (χ3v) is 3.46. The molecule has 90 valence electrons. The van der Waals surface area contributed by atoms with Crippen molar-refractivity contribution in [1.82, 2.24) is 4.98 Å². The molecule has 0 saturated carbocycles. The van der Waals surface area contributed by atoms with Crippen LogP contribution >= 0.6 is 23.4 Å². The highest BCUT2D eigenvalue weighted by molar-refractivity contribution is 7.99. The molecule has 0 unspecified atom stereocenters. The normalized spacial score (nSPS) is 10.8. The van der Waals surface area contributed by atoms with Crippen molar-refractivity contribution in [2.75, 3.05) is 12.9 Å². The number of halogens is 1. The Kier molecular flexibility index (Phi) is 3.64. The van der Waals surface area contributed by atoms with Gasteiger partial charge in [0, 0.05) is 20.8 Å². The standard InChI is InChI=1S/C12H12ClNO2S/c1-3-16-12(15)10-11(17-2)8-6-7(13)4-5-9(8)14-10/h4-6,14H,3H2,1-2H3. The number of nitrogens with one attached hydrogen (secondary N) is 1. The van der Waals surface area contributed by atoms with E-state index in [0.29, 0.717) is 17.3 Å². The van der Waals surface area contributed by atoms with Gasteiger partial charge in [-0.3, -0.25) is 0 Å². The number of rotatable bonds is 3. The van der Waals surface area contributed by atoms with Crippen molar-refractivity contribution >= 4 is 40.2 Å². The number of esters is 1. The maximum atomic E-state index is 11.8. The number of benzene rings is 1. The smallest absolute Gasteiger partial charge is 0.355 e. The molecule has 0 aliphatic carbocycles. The highest BCUT2D eigenvalue weighted by Gasteiger charge is 2.18. The van der Waals surface area contributed by atoms with E-state index in [1.807, 2.05) is 18.4 Å². The zero-order valence-electron chi connectivity index (χ0n) is 9.54. The minimum Gasteiger partial charge on any atom is -0.461 e. The van der Waals surface area contributed by atoms with Crippen LogP contribution in [0.25, 0.3) is 10.9 Å². The summed E-state index contributed by atoms with van der Waals surface area (Å²) in [4.78, 5) is 15.7. The number of hydrogen-bond acceptors (Lipinski definition) is 3. The molecule has 0 bridgehead atoms. The summed E-state index contributed by atoms with van der Waals surface area (Å²) in [5.74, 6) is -0.329. The van der Waals surface area contributed by atoms with Gasteiger partial charge in [-0.05, 0) is 31.4 Å². The van der Waals surface area contributed by atoms with Gasteiger partial charge in [0.15, 0.2) is 0 Å². The lowest BCUT2D eigenvalue weighted by Crippen LogP contribution is -2.05. The molecule has 0 spiro atoms. The summed E-state index contributed by atoms with van der Waals surface area (Å²) in [5.41, 5.74) is 1.39. The topological polar surface area (TPSA) is 42.1 Å². The van der Waals surface area contributed by atoms with Crippen molar-refractivity contribution in [2.45, 2.75) is 11.8 Å². The maximum Gasteiger partial charge on any atom is 0.355 e. The van der Waals surface area contributed by atoms with Crippen LogP contribution in [0.3, 0.4) is 0 Å². The first kappa shape index (κ1) is 12.3. The molecule has 1 aromatic heterocycles. The first-order valence-corrected chi connectivity index (χ1v) is 6.80. The number of carbonyl (C=O) groups is 1. The predicted octanol–water partition coefficient (Wildman–Crippen LogP) is 3.72. The van der Waals surface area contributed by atoms with Crippen LogP contribution < -0.4 is 0 Å². The zero-order valence-corrected chi connectivity index (χ0v) is 11.1. The number of aromatic amines is 1. The van der Waals surface area contributed by atoms with Crippen LogP contribution in [0.2, 0.25) is 5.02 Å². The van der Waals surface area contributed by atoms with Crippen LogP contribution in [0.15, 0.2) is 23.1 Å². The Morgan fingerprint density at radius 3 is 2.94 bits per heavy atom. The monoisotopic (exact) mass is 269 g/mol. The lowest BCUT2D eigenvalue weighted by atomic mass is 10.2. The molecule has 0 fully saturated rings. The van der Waals surface area contributed by atoms with Gasteiger partial charge in [0.2, 0.25) is 0 Å². The zero-order chi connectivity index (χ0) is 12.4. The maximum absolute atomic E-state index is 11.8. The fourth-order valence-electron chi connectivity index (χ4n) is 1.70. The molecule has 17 heavy (non-hydrogen) atoms. The van der Waals surface area contributed by atoms with Crippen molar-refractivity contribution in [2.24, 2.45) is 0 Å². The van der Waals surface area contributed by atoms with Gasteiger partial charge < -0.3 is 9.72 Å². The van der Waals surface area contributed by atoms with Crippen molar-refractivity contribution in [3.8, 4) is 0 Å². The summed E-state index contributed by atoms with van der Waals surface area (Å²) in [6, 6.07) is 5.50. The highest BCUT2D eigenvalue weighted by Crippen LogP contribution is 2.32. The average Bonchev–Trinajstić information content (AvgIpc) is 2.67. The Bertz CT molecular complexity index is 565. The number of thioether (sulfide) groups is 1. The Morgan fingerprint density at radius 1 is 1.53 bits per heavy atom. The molecule has 0 radical (unpaired) electrons. The van der Waals surface area contributed by atoms with E-state index in [2.05, 4.69) is 4.98 Å². The molecule has 2 aromatic rings. The summed E-state index contributed by atoms with van der Waals surface area (Å²) in [7, 11) is 0. The quantitative estimate of drug-likeness (QED) is 0.682. The van der Waals surface area contributed by atoms with Gasteiger partial charge in [-0.25, -0.2) is 4.79 Å². The summed E-state index contributed by atoms with van der Waals surface area (Å²) < 4.78 is 5.01. The summed E-state index contributed by atoms with van der Waals surface area (Å²) in [5, 5.41) is 1.61. The van der Waals surface area contributed by atoms with Crippen LogP contribution in [0, 0.1) is 0 Å². The molecular weight excluding hydrogens is 258 g/mol. The van der Waals surface area contributed by atoms with Gasteiger partial charge in [0.1, 0.15) is 5.69 Å². The van der Waals surface area contributed by atoms with E-state index in [0.717, 1.165) is 15.8 Å². The van der Waals surface area contributed by atoms with Gasteiger partial charge in [-0.2, -0.15) is 0 Å². The fourth-order valence-corrected chi connectivity index (χ4v) is 2.60. The minimum atomic E-state index is -0.329. The van der Waals surface area contributed by atoms with E-state index in [4.69, 9.17) is 16.3 Å². The predicted molar refractivity (Wildman–Crippen MR) is 71.0 cm³/mol. The van der Waals surface area contributed by atoms with E-state index in [9.17, 15) is 4.79 Å². The molecule has 5 heteroatoms. The molecule has 0 saturated heterocycles. The molecule has 1 N–H and O–H groups in total. The SMILES string of the molecule is CCOC(=O)c1[nH]c2ccc(Cl)cc2c1SC. The Balaban J connectivity index is 2.60. The number of ether oxygens (including phenoxy) is 1. The third kappa shape index (κ3) is 2.28. The first-order chi connectivity index (χ1) is 8.17. The number of hydrogen-bond donors (Lipinski definition) is 1. The lowest BCUT2D eigenvalue weighted by Gasteiger charge is -2.01. The second-order valence-electron chi connectivity index (χ2n) is 3.44. The molecular formula is C12H12ClNO2S. The Labute approximate surface area is 108 Å². The van der Waals surface area contributed by atoms with Gasteiger partial charge in [-0.15, -0.1) is 11.8 Å². The molecule has 3 nitrogen and oxygen atoms in total. The number of fused-ring (bicyclic) bond motifs is 1. The lowest BCUT2D eigenvalue weighted by molar-refractivity contribution is 0.0516. The van der Waals surface area contributed by atoms with Crippen molar-refractivity contribution < 1.29 is 9.53 Å². The number of aromatic nitrogens is 1. The largest absolute Gasteiger partial charge is 0.461 e.